The van der Waals surface area contributed by atoms with Gasteiger partial charge in [0, 0.05) is 12.6 Å². The lowest BCUT2D eigenvalue weighted by Gasteiger charge is -2.22. The highest BCUT2D eigenvalue weighted by Gasteiger charge is 2.32. The lowest BCUT2D eigenvalue weighted by atomic mass is 9.93. The van der Waals surface area contributed by atoms with E-state index in [2.05, 4.69) is 24.5 Å². The molecule has 0 heterocycles. The van der Waals surface area contributed by atoms with Gasteiger partial charge in [0.05, 0.1) is 5.92 Å². The van der Waals surface area contributed by atoms with Gasteiger partial charge in [0.25, 0.3) is 0 Å². The molecule has 1 aliphatic carbocycles. The van der Waals surface area contributed by atoms with Gasteiger partial charge in [-0.2, -0.15) is 0 Å². The van der Waals surface area contributed by atoms with Crippen LogP contribution < -0.4 is 10.6 Å². The maximum absolute atomic E-state index is 11.9. The quantitative estimate of drug-likeness (QED) is 0.701. The lowest BCUT2D eigenvalue weighted by Crippen LogP contribution is -2.46. The highest BCUT2D eigenvalue weighted by atomic mass is 16.4. The van der Waals surface area contributed by atoms with Gasteiger partial charge < -0.3 is 15.7 Å². The smallest absolute Gasteiger partial charge is 0.315 e. The molecule has 1 saturated carbocycles. The van der Waals surface area contributed by atoms with Crippen LogP contribution in [0.1, 0.15) is 47.0 Å². The first-order valence-corrected chi connectivity index (χ1v) is 7.63. The number of hydrogen-bond acceptors (Lipinski definition) is 2. The summed E-state index contributed by atoms with van der Waals surface area (Å²) < 4.78 is 0. The summed E-state index contributed by atoms with van der Waals surface area (Å²) in [5, 5.41) is 14.8. The van der Waals surface area contributed by atoms with Crippen molar-refractivity contribution in [2.75, 3.05) is 6.54 Å². The van der Waals surface area contributed by atoms with Gasteiger partial charge in [0.2, 0.25) is 0 Å². The van der Waals surface area contributed by atoms with Crippen LogP contribution in [-0.2, 0) is 4.79 Å². The molecular formula is C15H28N2O3. The van der Waals surface area contributed by atoms with E-state index in [1.807, 2.05) is 13.8 Å². The number of aliphatic carboxylic acids is 1. The second-order valence-corrected chi connectivity index (χ2v) is 6.25. The van der Waals surface area contributed by atoms with E-state index in [1.165, 1.54) is 0 Å². The van der Waals surface area contributed by atoms with Gasteiger partial charge in [-0.15, -0.1) is 0 Å². The van der Waals surface area contributed by atoms with Crippen molar-refractivity contribution in [3.8, 4) is 0 Å². The Balaban J connectivity index is 2.39. The monoisotopic (exact) mass is 284 g/mol. The highest BCUT2D eigenvalue weighted by Crippen LogP contribution is 2.33. The van der Waals surface area contributed by atoms with E-state index >= 15 is 0 Å². The molecule has 0 spiro atoms. The lowest BCUT2D eigenvalue weighted by molar-refractivity contribution is -0.142. The Labute approximate surface area is 121 Å². The van der Waals surface area contributed by atoms with Gasteiger partial charge in [0.1, 0.15) is 0 Å². The minimum atomic E-state index is -0.861. The Morgan fingerprint density at radius 1 is 1.30 bits per heavy atom. The molecule has 0 radical (unpaired) electrons. The van der Waals surface area contributed by atoms with Crippen molar-refractivity contribution in [1.82, 2.24) is 10.6 Å². The maximum atomic E-state index is 11.9. The van der Waals surface area contributed by atoms with E-state index in [0.717, 1.165) is 19.3 Å². The van der Waals surface area contributed by atoms with E-state index < -0.39 is 11.9 Å². The van der Waals surface area contributed by atoms with Crippen LogP contribution in [0.15, 0.2) is 0 Å². The summed E-state index contributed by atoms with van der Waals surface area (Å²) in [5.41, 5.74) is 0. The Morgan fingerprint density at radius 2 is 1.95 bits per heavy atom. The molecule has 0 aromatic heterocycles. The predicted molar refractivity (Wildman–Crippen MR) is 78.5 cm³/mol. The van der Waals surface area contributed by atoms with Crippen LogP contribution in [0.4, 0.5) is 4.79 Å². The first-order chi connectivity index (χ1) is 9.36. The van der Waals surface area contributed by atoms with Crippen molar-refractivity contribution in [2.45, 2.75) is 53.0 Å². The molecule has 0 aromatic rings. The van der Waals surface area contributed by atoms with Crippen molar-refractivity contribution in [2.24, 2.45) is 23.7 Å². The molecule has 1 fully saturated rings. The Bertz CT molecular complexity index is 344. The summed E-state index contributed by atoms with van der Waals surface area (Å²) in [6.45, 7) is 8.24. The zero-order valence-corrected chi connectivity index (χ0v) is 13.0. The molecule has 116 valence electrons. The SMILES string of the molecule is CCC1CCC(NC(=O)NCC(C(=O)O)C(C)C)C1C. The summed E-state index contributed by atoms with van der Waals surface area (Å²) >= 11 is 0. The molecule has 5 nitrogen and oxygen atoms in total. The average molecular weight is 284 g/mol. The first-order valence-electron chi connectivity index (χ1n) is 7.63. The van der Waals surface area contributed by atoms with E-state index in [0.29, 0.717) is 11.8 Å². The first kappa shape index (κ1) is 16.8. The summed E-state index contributed by atoms with van der Waals surface area (Å²) in [4.78, 5) is 22.9. The standard InChI is InChI=1S/C15H28N2O3/c1-5-11-6-7-13(10(11)4)17-15(20)16-8-12(9(2)3)14(18)19/h9-13H,5-8H2,1-4H3,(H,18,19)(H2,16,17,20). The van der Waals surface area contributed by atoms with Crippen molar-refractivity contribution in [1.29, 1.82) is 0 Å². The number of rotatable bonds is 6. The van der Waals surface area contributed by atoms with Crippen LogP contribution in [0.5, 0.6) is 0 Å². The molecule has 0 saturated heterocycles. The Kier molecular flexibility index (Phi) is 6.30. The van der Waals surface area contributed by atoms with Crippen molar-refractivity contribution >= 4 is 12.0 Å². The van der Waals surface area contributed by atoms with Crippen LogP contribution >= 0.6 is 0 Å². The Morgan fingerprint density at radius 3 is 2.40 bits per heavy atom. The van der Waals surface area contributed by atoms with Gasteiger partial charge in [-0.25, -0.2) is 4.79 Å². The summed E-state index contributed by atoms with van der Waals surface area (Å²) in [6.07, 6.45) is 3.32. The number of urea groups is 1. The summed E-state index contributed by atoms with van der Waals surface area (Å²) in [6, 6.07) is -0.0345. The maximum Gasteiger partial charge on any atom is 0.315 e. The predicted octanol–water partition coefficient (Wildman–Crippen LogP) is 2.47. The van der Waals surface area contributed by atoms with Crippen LogP contribution in [0.25, 0.3) is 0 Å². The number of carboxylic acid groups (broad SMARTS) is 1. The third-order valence-corrected chi connectivity index (χ3v) is 4.67. The molecule has 2 amide bonds. The molecule has 4 unspecified atom stereocenters. The highest BCUT2D eigenvalue weighted by molar-refractivity contribution is 5.76. The zero-order valence-electron chi connectivity index (χ0n) is 13.0. The van der Waals surface area contributed by atoms with E-state index in [9.17, 15) is 9.59 Å². The number of nitrogens with one attached hydrogen (secondary N) is 2. The van der Waals surface area contributed by atoms with Gasteiger partial charge >= 0.3 is 12.0 Å². The third kappa shape index (κ3) is 4.39. The normalized spacial score (nSPS) is 27.4. The molecule has 1 rings (SSSR count). The summed E-state index contributed by atoms with van der Waals surface area (Å²) in [5.74, 6) is -0.220. The van der Waals surface area contributed by atoms with Crippen LogP contribution in [0.3, 0.4) is 0 Å². The molecule has 0 aliphatic heterocycles. The molecule has 5 heteroatoms. The fourth-order valence-corrected chi connectivity index (χ4v) is 3.06. The molecule has 0 bridgehead atoms. The van der Waals surface area contributed by atoms with Gasteiger partial charge in [-0.1, -0.05) is 34.1 Å². The van der Waals surface area contributed by atoms with E-state index in [4.69, 9.17) is 5.11 Å². The van der Waals surface area contributed by atoms with Crippen LogP contribution in [0.2, 0.25) is 0 Å². The number of carbonyl (C=O) groups excluding carboxylic acids is 1. The molecule has 20 heavy (non-hydrogen) atoms. The van der Waals surface area contributed by atoms with Gasteiger partial charge in [-0.3, -0.25) is 4.79 Å². The van der Waals surface area contributed by atoms with Crippen molar-refractivity contribution < 1.29 is 14.7 Å². The minimum absolute atomic E-state index is 0.00248. The number of carboxylic acids is 1. The van der Waals surface area contributed by atoms with Crippen molar-refractivity contribution in [3.63, 3.8) is 0 Å². The number of amides is 2. The second-order valence-electron chi connectivity index (χ2n) is 6.25. The Hall–Kier alpha value is -1.26. The third-order valence-electron chi connectivity index (χ3n) is 4.67. The average Bonchev–Trinajstić information content (AvgIpc) is 2.69. The zero-order chi connectivity index (χ0) is 15.3. The fraction of sp³-hybridized carbons (Fsp3) is 0.867. The molecule has 3 N–H and O–H groups in total. The van der Waals surface area contributed by atoms with Gasteiger partial charge in [0.15, 0.2) is 0 Å². The van der Waals surface area contributed by atoms with Gasteiger partial charge in [-0.05, 0) is 30.6 Å². The minimum Gasteiger partial charge on any atom is -0.481 e. The van der Waals surface area contributed by atoms with Crippen LogP contribution in [0, 0.1) is 23.7 Å². The van der Waals surface area contributed by atoms with Crippen molar-refractivity contribution in [3.05, 3.63) is 0 Å². The topological polar surface area (TPSA) is 78.4 Å². The number of carbonyl (C=O) groups is 2. The summed E-state index contributed by atoms with van der Waals surface area (Å²) in [7, 11) is 0. The molecule has 0 aromatic carbocycles. The molecular weight excluding hydrogens is 256 g/mol. The fourth-order valence-electron chi connectivity index (χ4n) is 3.06. The second kappa shape index (κ2) is 7.50. The van der Waals surface area contributed by atoms with Crippen LogP contribution in [-0.4, -0.2) is 29.7 Å². The number of hydrogen-bond donors (Lipinski definition) is 3. The van der Waals surface area contributed by atoms with E-state index in [1.54, 1.807) is 0 Å². The molecule has 1 aliphatic rings. The molecule has 4 atom stereocenters. The van der Waals surface area contributed by atoms with E-state index in [-0.39, 0.29) is 24.5 Å². The largest absolute Gasteiger partial charge is 0.481 e.